The molecule has 0 bridgehead atoms. The summed E-state index contributed by atoms with van der Waals surface area (Å²) in [5, 5.41) is 3.49. The van der Waals surface area contributed by atoms with Gasteiger partial charge >= 0.3 is 0 Å². The van der Waals surface area contributed by atoms with Gasteiger partial charge in [0.1, 0.15) is 0 Å². The first-order valence-corrected chi connectivity index (χ1v) is 8.48. The summed E-state index contributed by atoms with van der Waals surface area (Å²) in [4.78, 5) is 0. The molecular formula is C20H30N2. The lowest BCUT2D eigenvalue weighted by Crippen LogP contribution is -2.26. The van der Waals surface area contributed by atoms with Gasteiger partial charge in [-0.15, -0.1) is 0 Å². The van der Waals surface area contributed by atoms with Crippen molar-refractivity contribution in [3.8, 4) is 0 Å². The van der Waals surface area contributed by atoms with E-state index in [-0.39, 0.29) is 0 Å². The third-order valence-corrected chi connectivity index (χ3v) is 4.69. The number of anilines is 1. The maximum atomic E-state index is 5.98. The van der Waals surface area contributed by atoms with E-state index in [4.69, 9.17) is 5.73 Å². The molecule has 0 aromatic heterocycles. The van der Waals surface area contributed by atoms with E-state index in [1.807, 2.05) is 0 Å². The van der Waals surface area contributed by atoms with Crippen LogP contribution in [0.25, 0.3) is 5.57 Å². The van der Waals surface area contributed by atoms with Crippen LogP contribution in [0.4, 0.5) is 5.69 Å². The molecule has 0 aliphatic heterocycles. The van der Waals surface area contributed by atoms with Crippen LogP contribution in [-0.4, -0.2) is 6.04 Å². The standard InChI is InChI=1S/C20H30N2/c1-5-17-13-19(10-11-20(17)14(2)3)22-15(4)12-16-6-8-18(21)9-7-16/h10-11,13,16,18,22H,2,4-9,12,21H2,1,3H3. The summed E-state index contributed by atoms with van der Waals surface area (Å²) in [6.07, 6.45) is 6.85. The summed E-state index contributed by atoms with van der Waals surface area (Å²) in [5.41, 5.74) is 12.0. The van der Waals surface area contributed by atoms with Crippen molar-refractivity contribution >= 4 is 11.3 Å². The van der Waals surface area contributed by atoms with Crippen LogP contribution in [0, 0.1) is 5.92 Å². The van der Waals surface area contributed by atoms with E-state index in [0.29, 0.717) is 6.04 Å². The Bertz CT molecular complexity index is 537. The third-order valence-electron chi connectivity index (χ3n) is 4.69. The van der Waals surface area contributed by atoms with Crippen LogP contribution in [0.3, 0.4) is 0 Å². The molecule has 0 heterocycles. The molecule has 1 fully saturated rings. The van der Waals surface area contributed by atoms with E-state index in [1.54, 1.807) is 0 Å². The lowest BCUT2D eigenvalue weighted by Gasteiger charge is -2.27. The lowest BCUT2D eigenvalue weighted by molar-refractivity contribution is 0.325. The molecule has 0 unspecified atom stereocenters. The molecule has 120 valence electrons. The fourth-order valence-electron chi connectivity index (χ4n) is 3.38. The maximum Gasteiger partial charge on any atom is 0.0384 e. The Morgan fingerprint density at radius 3 is 2.50 bits per heavy atom. The van der Waals surface area contributed by atoms with Gasteiger partial charge in [0.15, 0.2) is 0 Å². The lowest BCUT2D eigenvalue weighted by atomic mass is 9.84. The molecule has 0 spiro atoms. The summed E-state index contributed by atoms with van der Waals surface area (Å²) >= 11 is 0. The summed E-state index contributed by atoms with van der Waals surface area (Å²) in [6, 6.07) is 6.94. The second kappa shape index (κ2) is 7.64. The molecule has 1 saturated carbocycles. The minimum Gasteiger partial charge on any atom is -0.359 e. The van der Waals surface area contributed by atoms with Crippen LogP contribution in [0.15, 0.2) is 37.1 Å². The second-order valence-electron chi connectivity index (χ2n) is 6.72. The number of rotatable bonds is 6. The minimum absolute atomic E-state index is 0.416. The summed E-state index contributed by atoms with van der Waals surface area (Å²) in [6.45, 7) is 12.5. The first-order valence-electron chi connectivity index (χ1n) is 8.48. The van der Waals surface area contributed by atoms with Crippen LogP contribution in [0.2, 0.25) is 0 Å². The predicted molar refractivity (Wildman–Crippen MR) is 97.8 cm³/mol. The van der Waals surface area contributed by atoms with E-state index < -0.39 is 0 Å². The zero-order chi connectivity index (χ0) is 16.1. The van der Waals surface area contributed by atoms with Gasteiger partial charge in [0, 0.05) is 17.4 Å². The van der Waals surface area contributed by atoms with Crippen molar-refractivity contribution in [1.82, 2.24) is 0 Å². The Balaban J connectivity index is 1.95. The Morgan fingerprint density at radius 2 is 1.91 bits per heavy atom. The number of nitrogens with one attached hydrogen (secondary N) is 1. The highest BCUT2D eigenvalue weighted by molar-refractivity contribution is 5.68. The van der Waals surface area contributed by atoms with Crippen LogP contribution in [0.5, 0.6) is 0 Å². The number of hydrogen-bond acceptors (Lipinski definition) is 2. The van der Waals surface area contributed by atoms with Crippen LogP contribution < -0.4 is 11.1 Å². The van der Waals surface area contributed by atoms with Gasteiger partial charge in [0.25, 0.3) is 0 Å². The molecule has 0 atom stereocenters. The van der Waals surface area contributed by atoms with Crippen LogP contribution in [0.1, 0.15) is 57.1 Å². The highest BCUT2D eigenvalue weighted by Crippen LogP contribution is 2.29. The largest absolute Gasteiger partial charge is 0.359 e. The number of aryl methyl sites for hydroxylation is 1. The van der Waals surface area contributed by atoms with Gasteiger partial charge in [0.05, 0.1) is 0 Å². The van der Waals surface area contributed by atoms with Crippen LogP contribution in [-0.2, 0) is 6.42 Å². The molecule has 2 rings (SSSR count). The van der Waals surface area contributed by atoms with Crippen LogP contribution >= 0.6 is 0 Å². The average molecular weight is 298 g/mol. The summed E-state index contributed by atoms with van der Waals surface area (Å²) in [7, 11) is 0. The zero-order valence-electron chi connectivity index (χ0n) is 14.1. The van der Waals surface area contributed by atoms with Crippen molar-refractivity contribution < 1.29 is 0 Å². The van der Waals surface area contributed by atoms with Gasteiger partial charge in [-0.25, -0.2) is 0 Å². The number of allylic oxidation sites excluding steroid dienone is 2. The highest BCUT2D eigenvalue weighted by atomic mass is 14.9. The van der Waals surface area contributed by atoms with Crippen molar-refractivity contribution in [2.45, 2.75) is 58.4 Å². The van der Waals surface area contributed by atoms with E-state index in [2.05, 4.69) is 50.5 Å². The molecule has 0 amide bonds. The fourth-order valence-corrected chi connectivity index (χ4v) is 3.38. The molecule has 1 aromatic rings. The van der Waals surface area contributed by atoms with Gasteiger partial charge in [-0.05, 0) is 74.6 Å². The Labute approximate surface area is 135 Å². The SMILES string of the molecule is C=C(CC1CCC(N)CC1)Nc1ccc(C(=C)C)c(CC)c1. The van der Waals surface area contributed by atoms with Crippen molar-refractivity contribution in [2.75, 3.05) is 5.32 Å². The monoisotopic (exact) mass is 298 g/mol. The molecule has 2 nitrogen and oxygen atoms in total. The summed E-state index contributed by atoms with van der Waals surface area (Å²) < 4.78 is 0. The van der Waals surface area contributed by atoms with E-state index in [1.165, 1.54) is 24.0 Å². The molecule has 0 saturated heterocycles. The first-order chi connectivity index (χ1) is 10.5. The average Bonchev–Trinajstić information content (AvgIpc) is 2.49. The molecule has 2 heteroatoms. The Kier molecular flexibility index (Phi) is 5.84. The molecule has 22 heavy (non-hydrogen) atoms. The number of nitrogens with two attached hydrogens (primary N) is 1. The molecule has 3 N–H and O–H groups in total. The van der Waals surface area contributed by atoms with Crippen molar-refractivity contribution in [3.05, 3.63) is 48.2 Å². The number of benzene rings is 1. The first kappa shape index (κ1) is 16.8. The summed E-state index contributed by atoms with van der Waals surface area (Å²) in [5.74, 6) is 0.736. The second-order valence-corrected chi connectivity index (χ2v) is 6.72. The number of hydrogen-bond donors (Lipinski definition) is 2. The van der Waals surface area contributed by atoms with Gasteiger partial charge in [-0.1, -0.05) is 31.7 Å². The molecule has 1 aromatic carbocycles. The van der Waals surface area contributed by atoms with E-state index in [0.717, 1.165) is 48.6 Å². The van der Waals surface area contributed by atoms with Crippen molar-refractivity contribution in [1.29, 1.82) is 0 Å². The van der Waals surface area contributed by atoms with Gasteiger partial charge < -0.3 is 11.1 Å². The smallest absolute Gasteiger partial charge is 0.0384 e. The quantitative estimate of drug-likeness (QED) is 0.765. The van der Waals surface area contributed by atoms with E-state index >= 15 is 0 Å². The predicted octanol–water partition coefficient (Wildman–Crippen LogP) is 5.12. The van der Waals surface area contributed by atoms with Gasteiger partial charge in [0.2, 0.25) is 0 Å². The molecular weight excluding hydrogens is 268 g/mol. The highest BCUT2D eigenvalue weighted by Gasteiger charge is 2.19. The van der Waals surface area contributed by atoms with Crippen molar-refractivity contribution in [3.63, 3.8) is 0 Å². The molecule has 1 aliphatic rings. The topological polar surface area (TPSA) is 38.0 Å². The minimum atomic E-state index is 0.416. The maximum absolute atomic E-state index is 5.98. The zero-order valence-corrected chi connectivity index (χ0v) is 14.1. The third kappa shape index (κ3) is 4.48. The molecule has 0 radical (unpaired) electrons. The van der Waals surface area contributed by atoms with Gasteiger partial charge in [-0.2, -0.15) is 0 Å². The molecule has 1 aliphatic carbocycles. The van der Waals surface area contributed by atoms with Crippen molar-refractivity contribution in [2.24, 2.45) is 11.7 Å². The van der Waals surface area contributed by atoms with E-state index in [9.17, 15) is 0 Å². The fraction of sp³-hybridized carbons (Fsp3) is 0.500. The Hall–Kier alpha value is -1.54. The normalized spacial score (nSPS) is 21.4. The van der Waals surface area contributed by atoms with Gasteiger partial charge in [-0.3, -0.25) is 0 Å². The Morgan fingerprint density at radius 1 is 1.23 bits per heavy atom.